The van der Waals surface area contributed by atoms with Gasteiger partial charge in [0.2, 0.25) is 16.0 Å². The van der Waals surface area contributed by atoms with Gasteiger partial charge in [0, 0.05) is 24.2 Å². The predicted molar refractivity (Wildman–Crippen MR) is 123 cm³/mol. The van der Waals surface area contributed by atoms with Crippen molar-refractivity contribution in [2.75, 3.05) is 31.6 Å². The zero-order valence-electron chi connectivity index (χ0n) is 18.8. The van der Waals surface area contributed by atoms with E-state index in [-0.39, 0.29) is 16.0 Å². The van der Waals surface area contributed by atoms with Crippen molar-refractivity contribution in [1.82, 2.24) is 13.9 Å². The third kappa shape index (κ3) is 4.15. The fourth-order valence-electron chi connectivity index (χ4n) is 3.91. The second kappa shape index (κ2) is 8.31. The largest absolute Gasteiger partial charge is 0.379 e. The highest BCUT2D eigenvalue weighted by atomic mass is 32.2. The van der Waals surface area contributed by atoms with Crippen LogP contribution in [-0.4, -0.2) is 54.5 Å². The molecule has 0 unspecified atom stereocenters. The van der Waals surface area contributed by atoms with Gasteiger partial charge in [0.25, 0.3) is 5.91 Å². The van der Waals surface area contributed by atoms with Crippen molar-refractivity contribution < 1.29 is 17.9 Å². The minimum Gasteiger partial charge on any atom is -0.379 e. The number of sulfonamides is 1. The molecule has 0 radical (unpaired) electrons. The molecule has 0 saturated carbocycles. The lowest BCUT2D eigenvalue weighted by molar-refractivity contribution is 0.0730. The van der Waals surface area contributed by atoms with Gasteiger partial charge < -0.3 is 9.30 Å². The van der Waals surface area contributed by atoms with E-state index in [1.165, 1.54) is 10.4 Å². The summed E-state index contributed by atoms with van der Waals surface area (Å²) in [6, 6.07) is 12.4. The molecule has 1 aliphatic heterocycles. The molecular formula is C23H28N4O4S. The Morgan fingerprint density at radius 1 is 1.09 bits per heavy atom. The number of carbonyl (C=O) groups is 1. The molecule has 2 aromatic carbocycles. The fraction of sp³-hybridized carbons (Fsp3) is 0.391. The summed E-state index contributed by atoms with van der Waals surface area (Å²) in [5, 5.41) is 2.88. The van der Waals surface area contributed by atoms with Crippen molar-refractivity contribution in [2.45, 2.75) is 38.1 Å². The first-order valence-electron chi connectivity index (χ1n) is 10.6. The SMILES string of the molecule is Cc1ccc(C(=O)Nc2nc3ccccc3n2C(C)(C)C)cc1S(=O)(=O)N1CCOCC1. The number of ether oxygens (including phenoxy) is 1. The molecule has 3 aromatic rings. The van der Waals surface area contributed by atoms with Crippen LogP contribution >= 0.6 is 0 Å². The average molecular weight is 457 g/mol. The van der Waals surface area contributed by atoms with Crippen LogP contribution in [0.25, 0.3) is 11.0 Å². The number of benzene rings is 2. The molecule has 1 saturated heterocycles. The molecule has 0 spiro atoms. The molecular weight excluding hydrogens is 428 g/mol. The number of hydrogen-bond donors (Lipinski definition) is 1. The van der Waals surface area contributed by atoms with Crippen molar-refractivity contribution >= 4 is 32.9 Å². The Hall–Kier alpha value is -2.75. The maximum Gasteiger partial charge on any atom is 0.258 e. The predicted octanol–water partition coefficient (Wildman–Crippen LogP) is 3.37. The summed E-state index contributed by atoms with van der Waals surface area (Å²) in [5.74, 6) is 0.00564. The molecule has 1 aliphatic rings. The number of imidazole rings is 1. The van der Waals surface area contributed by atoms with E-state index in [1.807, 2.05) is 49.6 Å². The van der Waals surface area contributed by atoms with Gasteiger partial charge >= 0.3 is 0 Å². The Morgan fingerprint density at radius 3 is 2.47 bits per heavy atom. The van der Waals surface area contributed by atoms with E-state index in [2.05, 4.69) is 10.3 Å². The number of aryl methyl sites for hydroxylation is 1. The summed E-state index contributed by atoms with van der Waals surface area (Å²) >= 11 is 0. The molecule has 170 valence electrons. The summed E-state index contributed by atoms with van der Waals surface area (Å²) in [5.41, 5.74) is 2.22. The summed E-state index contributed by atoms with van der Waals surface area (Å²) in [6.07, 6.45) is 0. The maximum absolute atomic E-state index is 13.2. The van der Waals surface area contributed by atoms with Gasteiger partial charge in [-0.3, -0.25) is 10.1 Å². The first-order chi connectivity index (χ1) is 15.1. The summed E-state index contributed by atoms with van der Waals surface area (Å²) in [6.45, 7) is 9.17. The van der Waals surface area contributed by atoms with Crippen molar-refractivity contribution in [2.24, 2.45) is 0 Å². The topological polar surface area (TPSA) is 93.5 Å². The molecule has 0 aliphatic carbocycles. The standard InChI is InChI=1S/C23H28N4O4S/c1-16-9-10-17(15-20(16)32(29,30)26-11-13-31-14-12-26)21(28)25-22-24-18-7-5-6-8-19(18)27(22)23(2,3)4/h5-10,15H,11-14H2,1-4H3,(H,24,25,28). The van der Waals surface area contributed by atoms with E-state index in [1.54, 1.807) is 19.1 Å². The highest BCUT2D eigenvalue weighted by Gasteiger charge is 2.29. The number of nitrogens with one attached hydrogen (secondary N) is 1. The lowest BCUT2D eigenvalue weighted by Gasteiger charge is -2.27. The molecule has 32 heavy (non-hydrogen) atoms. The average Bonchev–Trinajstić information content (AvgIpc) is 3.12. The van der Waals surface area contributed by atoms with E-state index in [0.717, 1.165) is 11.0 Å². The van der Waals surface area contributed by atoms with Crippen LogP contribution in [-0.2, 0) is 20.3 Å². The smallest absolute Gasteiger partial charge is 0.258 e. The lowest BCUT2D eigenvalue weighted by Crippen LogP contribution is -2.40. The second-order valence-electron chi connectivity index (χ2n) is 8.88. The molecule has 4 rings (SSSR count). The van der Waals surface area contributed by atoms with Crippen LogP contribution in [0.4, 0.5) is 5.95 Å². The van der Waals surface area contributed by atoms with Gasteiger partial charge in [-0.1, -0.05) is 18.2 Å². The van der Waals surface area contributed by atoms with Gasteiger partial charge in [-0.15, -0.1) is 0 Å². The van der Waals surface area contributed by atoms with E-state index in [9.17, 15) is 13.2 Å². The van der Waals surface area contributed by atoms with E-state index < -0.39 is 15.9 Å². The Morgan fingerprint density at radius 2 is 1.78 bits per heavy atom. The first kappa shape index (κ1) is 22.4. The van der Waals surface area contributed by atoms with Crippen molar-refractivity contribution in [3.8, 4) is 0 Å². The maximum atomic E-state index is 13.2. The highest BCUT2D eigenvalue weighted by Crippen LogP contribution is 2.29. The second-order valence-corrected chi connectivity index (χ2v) is 10.8. The fourth-order valence-corrected chi connectivity index (χ4v) is 5.57. The number of hydrogen-bond acceptors (Lipinski definition) is 5. The van der Waals surface area contributed by atoms with Crippen LogP contribution in [0.3, 0.4) is 0 Å². The third-order valence-corrected chi connectivity index (χ3v) is 7.54. The molecule has 0 atom stereocenters. The van der Waals surface area contributed by atoms with Crippen LogP contribution in [0.5, 0.6) is 0 Å². The van der Waals surface area contributed by atoms with Crippen LogP contribution in [0.2, 0.25) is 0 Å². The molecule has 0 bridgehead atoms. The summed E-state index contributed by atoms with van der Waals surface area (Å²) in [7, 11) is -3.72. The van der Waals surface area contributed by atoms with Crippen molar-refractivity contribution in [1.29, 1.82) is 0 Å². The zero-order valence-corrected chi connectivity index (χ0v) is 19.6. The van der Waals surface area contributed by atoms with Crippen LogP contribution < -0.4 is 5.32 Å². The number of rotatable bonds is 4. The number of anilines is 1. The quantitative estimate of drug-likeness (QED) is 0.650. The Bertz CT molecular complexity index is 1270. The van der Waals surface area contributed by atoms with Crippen molar-refractivity contribution in [3.63, 3.8) is 0 Å². The molecule has 9 heteroatoms. The highest BCUT2D eigenvalue weighted by molar-refractivity contribution is 7.89. The zero-order chi connectivity index (χ0) is 23.1. The lowest BCUT2D eigenvalue weighted by atomic mass is 10.1. The van der Waals surface area contributed by atoms with Gasteiger partial charge in [0.15, 0.2) is 0 Å². The van der Waals surface area contributed by atoms with Crippen LogP contribution in [0.15, 0.2) is 47.4 Å². The monoisotopic (exact) mass is 456 g/mol. The van der Waals surface area contributed by atoms with Gasteiger partial charge in [-0.25, -0.2) is 13.4 Å². The van der Waals surface area contributed by atoms with E-state index in [4.69, 9.17) is 4.74 Å². The van der Waals surface area contributed by atoms with E-state index in [0.29, 0.717) is 37.8 Å². The van der Waals surface area contributed by atoms with Gasteiger partial charge in [0.1, 0.15) is 0 Å². The first-order valence-corrected chi connectivity index (χ1v) is 12.0. The molecule has 8 nitrogen and oxygen atoms in total. The Balaban J connectivity index is 1.69. The molecule has 1 aromatic heterocycles. The van der Waals surface area contributed by atoms with Crippen LogP contribution in [0.1, 0.15) is 36.7 Å². The normalized spacial score (nSPS) is 15.8. The van der Waals surface area contributed by atoms with Gasteiger partial charge in [0.05, 0.1) is 29.1 Å². The Labute approximate surface area is 188 Å². The van der Waals surface area contributed by atoms with Crippen molar-refractivity contribution in [3.05, 3.63) is 53.6 Å². The molecule has 1 fully saturated rings. The number of amides is 1. The van der Waals surface area contributed by atoms with Gasteiger partial charge in [-0.2, -0.15) is 4.31 Å². The van der Waals surface area contributed by atoms with Crippen LogP contribution in [0, 0.1) is 6.92 Å². The minimum atomic E-state index is -3.72. The number of morpholine rings is 1. The minimum absolute atomic E-state index is 0.136. The number of para-hydroxylation sites is 2. The Kier molecular flexibility index (Phi) is 5.83. The summed E-state index contributed by atoms with van der Waals surface area (Å²) < 4.78 is 35.0. The number of aromatic nitrogens is 2. The number of carbonyl (C=O) groups excluding carboxylic acids is 1. The van der Waals surface area contributed by atoms with Gasteiger partial charge in [-0.05, 0) is 57.5 Å². The molecule has 2 heterocycles. The number of nitrogens with zero attached hydrogens (tertiary/aromatic N) is 3. The summed E-state index contributed by atoms with van der Waals surface area (Å²) in [4.78, 5) is 17.9. The van der Waals surface area contributed by atoms with E-state index >= 15 is 0 Å². The third-order valence-electron chi connectivity index (χ3n) is 5.50. The number of fused-ring (bicyclic) bond motifs is 1. The molecule has 1 amide bonds. The molecule has 1 N–H and O–H groups in total.